The van der Waals surface area contributed by atoms with Crippen LogP contribution in [0.4, 0.5) is 14.5 Å². The summed E-state index contributed by atoms with van der Waals surface area (Å²) >= 11 is 0. The Balaban J connectivity index is 2.17. The summed E-state index contributed by atoms with van der Waals surface area (Å²) in [7, 11) is 0. The van der Waals surface area contributed by atoms with E-state index in [2.05, 4.69) is 0 Å². The first-order chi connectivity index (χ1) is 9.08. The molecular formula is C14H7F2NO2. The minimum Gasteiger partial charge on any atom is -0.618 e. The Morgan fingerprint density at radius 2 is 1.58 bits per heavy atom. The molecule has 19 heavy (non-hydrogen) atoms. The largest absolute Gasteiger partial charge is 0.618 e. The van der Waals surface area contributed by atoms with Gasteiger partial charge in [0.2, 0.25) is 5.69 Å². The van der Waals surface area contributed by atoms with Crippen molar-refractivity contribution in [2.45, 2.75) is 0 Å². The number of hydrogen-bond donors (Lipinski definition) is 0. The van der Waals surface area contributed by atoms with Crippen LogP contribution in [0.3, 0.4) is 0 Å². The van der Waals surface area contributed by atoms with E-state index >= 15 is 0 Å². The zero-order valence-electron chi connectivity index (χ0n) is 9.56. The molecule has 0 unspecified atom stereocenters. The third-order valence-electron chi connectivity index (χ3n) is 2.96. The average molecular weight is 259 g/mol. The fraction of sp³-hybridized carbons (Fsp3) is 0. The highest BCUT2D eigenvalue weighted by Crippen LogP contribution is 2.28. The molecule has 0 bridgehead atoms. The van der Waals surface area contributed by atoms with Crippen LogP contribution in [0, 0.1) is 16.8 Å². The third-order valence-corrected chi connectivity index (χ3v) is 2.96. The van der Waals surface area contributed by atoms with Crippen LogP contribution in [-0.2, 0) is 0 Å². The molecule has 1 heterocycles. The van der Waals surface area contributed by atoms with E-state index in [0.717, 1.165) is 24.3 Å². The number of rotatable bonds is 1. The van der Waals surface area contributed by atoms with Crippen molar-refractivity contribution in [2.24, 2.45) is 0 Å². The number of Topliss-reactive ketones (excluding diaryl/α,β-unsaturated/α-hetero) is 1. The van der Waals surface area contributed by atoms with Crippen molar-refractivity contribution in [3.05, 3.63) is 70.4 Å². The van der Waals surface area contributed by atoms with Gasteiger partial charge in [0.15, 0.2) is 0 Å². The van der Waals surface area contributed by atoms with Crippen molar-refractivity contribution < 1.29 is 18.3 Å². The molecule has 0 fully saturated rings. The Morgan fingerprint density at radius 3 is 2.26 bits per heavy atom. The van der Waals surface area contributed by atoms with E-state index in [1.807, 2.05) is 0 Å². The topological polar surface area (TPSA) is 43.1 Å². The lowest BCUT2D eigenvalue weighted by molar-refractivity contribution is -0.355. The highest BCUT2D eigenvalue weighted by molar-refractivity contribution is 6.52. The predicted octanol–water partition coefficient (Wildman–Crippen LogP) is 2.79. The highest BCUT2D eigenvalue weighted by atomic mass is 19.1. The van der Waals surface area contributed by atoms with Crippen molar-refractivity contribution in [1.29, 1.82) is 0 Å². The minimum absolute atomic E-state index is 0.0225. The van der Waals surface area contributed by atoms with Gasteiger partial charge in [0.1, 0.15) is 17.2 Å². The minimum atomic E-state index is -0.583. The van der Waals surface area contributed by atoms with Gasteiger partial charge in [-0.05, 0) is 36.4 Å². The zero-order chi connectivity index (χ0) is 13.6. The second kappa shape index (κ2) is 3.98. The molecule has 3 nitrogen and oxygen atoms in total. The Morgan fingerprint density at radius 1 is 0.947 bits per heavy atom. The van der Waals surface area contributed by atoms with Crippen molar-refractivity contribution in [3.63, 3.8) is 0 Å². The van der Waals surface area contributed by atoms with Gasteiger partial charge in [-0.15, -0.1) is 0 Å². The van der Waals surface area contributed by atoms with E-state index in [1.165, 1.54) is 18.2 Å². The molecule has 0 amide bonds. The summed E-state index contributed by atoms with van der Waals surface area (Å²) in [6, 6.07) is 8.40. The van der Waals surface area contributed by atoms with Crippen LogP contribution in [-0.4, -0.2) is 16.2 Å². The molecule has 0 saturated carbocycles. The van der Waals surface area contributed by atoms with Crippen molar-refractivity contribution in [3.8, 4) is 0 Å². The Bertz CT molecular complexity index is 721. The second-order valence-electron chi connectivity index (χ2n) is 4.14. The van der Waals surface area contributed by atoms with E-state index in [0.29, 0.717) is 10.3 Å². The van der Waals surface area contributed by atoms with Gasteiger partial charge in [-0.1, -0.05) is 0 Å². The summed E-state index contributed by atoms with van der Waals surface area (Å²) in [6.45, 7) is 0. The standard InChI is InChI=1S/C14H7F2NO2/c15-9-3-1-8(2-4-9)13-14(18)11-7-10(16)5-6-12(11)17(13)19/h1-7H. The summed E-state index contributed by atoms with van der Waals surface area (Å²) in [6.07, 6.45) is 0. The van der Waals surface area contributed by atoms with Crippen LogP contribution in [0.15, 0.2) is 42.5 Å². The maximum Gasteiger partial charge on any atom is 0.272 e. The summed E-state index contributed by atoms with van der Waals surface area (Å²) in [5, 5.41) is 12.0. The number of benzene rings is 2. The fourth-order valence-corrected chi connectivity index (χ4v) is 2.06. The highest BCUT2D eigenvalue weighted by Gasteiger charge is 2.36. The molecular weight excluding hydrogens is 252 g/mol. The quantitative estimate of drug-likeness (QED) is 0.583. The number of fused-ring (bicyclic) bond motifs is 1. The van der Waals surface area contributed by atoms with Gasteiger partial charge in [-0.2, -0.15) is 4.74 Å². The Hall–Kier alpha value is -2.56. The lowest BCUT2D eigenvalue weighted by Gasteiger charge is -2.01. The monoisotopic (exact) mass is 259 g/mol. The molecule has 5 heteroatoms. The van der Waals surface area contributed by atoms with Crippen LogP contribution in [0.1, 0.15) is 15.9 Å². The van der Waals surface area contributed by atoms with Crippen LogP contribution in [0.5, 0.6) is 0 Å². The van der Waals surface area contributed by atoms with Gasteiger partial charge < -0.3 is 5.21 Å². The lowest BCUT2D eigenvalue weighted by atomic mass is 10.0. The van der Waals surface area contributed by atoms with Gasteiger partial charge in [0.05, 0.1) is 5.56 Å². The third kappa shape index (κ3) is 1.71. The van der Waals surface area contributed by atoms with E-state index in [9.17, 15) is 18.8 Å². The van der Waals surface area contributed by atoms with E-state index < -0.39 is 17.4 Å². The van der Waals surface area contributed by atoms with Crippen molar-refractivity contribution in [1.82, 2.24) is 0 Å². The maximum absolute atomic E-state index is 13.1. The molecule has 0 N–H and O–H groups in total. The molecule has 2 aromatic carbocycles. The molecule has 94 valence electrons. The fourth-order valence-electron chi connectivity index (χ4n) is 2.06. The molecule has 0 radical (unpaired) electrons. The predicted molar refractivity (Wildman–Crippen MR) is 64.5 cm³/mol. The molecule has 1 aliphatic heterocycles. The van der Waals surface area contributed by atoms with Crippen molar-refractivity contribution >= 4 is 17.2 Å². The summed E-state index contributed by atoms with van der Waals surface area (Å²) < 4.78 is 26.4. The maximum atomic E-state index is 13.1. The van der Waals surface area contributed by atoms with Gasteiger partial charge in [-0.25, -0.2) is 8.78 Å². The van der Waals surface area contributed by atoms with E-state index in [-0.39, 0.29) is 17.0 Å². The molecule has 2 aromatic rings. The number of carbonyl (C=O) groups is 1. The van der Waals surface area contributed by atoms with Crippen molar-refractivity contribution in [2.75, 3.05) is 0 Å². The molecule has 0 aliphatic carbocycles. The van der Waals surface area contributed by atoms with Crippen LogP contribution in [0.2, 0.25) is 0 Å². The van der Waals surface area contributed by atoms with Gasteiger partial charge in [-0.3, -0.25) is 4.79 Å². The van der Waals surface area contributed by atoms with Crippen LogP contribution >= 0.6 is 0 Å². The number of nitrogens with zero attached hydrogens (tertiary/aromatic N) is 1. The average Bonchev–Trinajstić information content (AvgIpc) is 2.63. The Kier molecular flexibility index (Phi) is 2.41. The number of ketones is 1. The number of carbonyl (C=O) groups excluding carboxylic acids is 1. The zero-order valence-corrected chi connectivity index (χ0v) is 9.56. The van der Waals surface area contributed by atoms with E-state index in [1.54, 1.807) is 0 Å². The van der Waals surface area contributed by atoms with Crippen LogP contribution < -0.4 is 0 Å². The van der Waals surface area contributed by atoms with Crippen LogP contribution in [0.25, 0.3) is 0 Å². The normalized spacial score (nSPS) is 13.9. The molecule has 0 spiro atoms. The van der Waals surface area contributed by atoms with E-state index in [4.69, 9.17) is 0 Å². The van der Waals surface area contributed by atoms with Gasteiger partial charge in [0, 0.05) is 6.07 Å². The molecule has 1 aliphatic rings. The number of hydrogen-bond acceptors (Lipinski definition) is 2. The van der Waals surface area contributed by atoms with Gasteiger partial charge >= 0.3 is 0 Å². The molecule has 0 saturated heterocycles. The first-order valence-electron chi connectivity index (χ1n) is 5.52. The van der Waals surface area contributed by atoms with Gasteiger partial charge in [0.25, 0.3) is 11.5 Å². The SMILES string of the molecule is O=C1C(c2ccc(F)cc2)=[N+]([O-])c2ccc(F)cc21. The second-order valence-corrected chi connectivity index (χ2v) is 4.14. The Labute approximate surface area is 107 Å². The summed E-state index contributed by atoms with van der Waals surface area (Å²) in [5.41, 5.74) is 0.304. The summed E-state index contributed by atoms with van der Waals surface area (Å²) in [5.74, 6) is -1.60. The number of halogens is 2. The lowest BCUT2D eigenvalue weighted by Crippen LogP contribution is -2.16. The molecule has 0 aromatic heterocycles. The summed E-state index contributed by atoms with van der Waals surface area (Å²) in [4.78, 5) is 12.1. The first-order valence-corrected chi connectivity index (χ1v) is 5.52. The first kappa shape index (κ1) is 11.5. The molecule has 0 atom stereocenters. The molecule has 3 rings (SSSR count). The smallest absolute Gasteiger partial charge is 0.272 e.